The number of nitrogens with one attached hydrogen (secondary N) is 2. The highest BCUT2D eigenvalue weighted by molar-refractivity contribution is 5.96. The molecule has 2 aromatic carbocycles. The molecule has 0 saturated carbocycles. The molecule has 0 fully saturated rings. The summed E-state index contributed by atoms with van der Waals surface area (Å²) in [7, 11) is 3.51. The van der Waals surface area contributed by atoms with Gasteiger partial charge in [0, 0.05) is 24.8 Å². The number of hydrogen-bond acceptors (Lipinski definition) is 3. The molecule has 0 aromatic heterocycles. The molecule has 2 N–H and O–H groups in total. The van der Waals surface area contributed by atoms with Gasteiger partial charge < -0.3 is 10.6 Å². The monoisotopic (exact) mass is 353 g/mol. The van der Waals surface area contributed by atoms with Gasteiger partial charge in [-0.15, -0.1) is 0 Å². The summed E-state index contributed by atoms with van der Waals surface area (Å²) in [5.74, 6) is 0.285. The summed E-state index contributed by atoms with van der Waals surface area (Å²) in [5.41, 5.74) is 3.73. The Hall–Kier alpha value is -2.66. The molecule has 5 heteroatoms. The second kappa shape index (κ2) is 9.15. The van der Waals surface area contributed by atoms with Gasteiger partial charge in [0.2, 0.25) is 5.91 Å². The third kappa shape index (κ3) is 5.70. The smallest absolute Gasteiger partial charge is 0.251 e. The predicted molar refractivity (Wildman–Crippen MR) is 105 cm³/mol. The van der Waals surface area contributed by atoms with Crippen LogP contribution in [0, 0.1) is 0 Å². The second-order valence-electron chi connectivity index (χ2n) is 6.77. The zero-order valence-electron chi connectivity index (χ0n) is 15.9. The molecule has 0 spiro atoms. The summed E-state index contributed by atoms with van der Waals surface area (Å²) < 4.78 is 0. The topological polar surface area (TPSA) is 61.4 Å². The molecular weight excluding hydrogens is 326 g/mol. The first kappa shape index (κ1) is 19.7. The molecule has 0 aliphatic heterocycles. The van der Waals surface area contributed by atoms with Crippen LogP contribution in [0.4, 0.5) is 5.69 Å². The molecule has 2 rings (SSSR count). The highest BCUT2D eigenvalue weighted by Crippen LogP contribution is 2.15. The van der Waals surface area contributed by atoms with Crippen LogP contribution in [0.2, 0.25) is 0 Å². The number of likely N-dealkylation sites (N-methyl/N-ethyl adjacent to an activating group) is 1. The van der Waals surface area contributed by atoms with Crippen molar-refractivity contribution in [3.63, 3.8) is 0 Å². The predicted octanol–water partition coefficient (Wildman–Crippen LogP) is 3.24. The van der Waals surface area contributed by atoms with E-state index in [-0.39, 0.29) is 11.8 Å². The average Bonchev–Trinajstić information content (AvgIpc) is 2.61. The van der Waals surface area contributed by atoms with Gasteiger partial charge in [-0.1, -0.05) is 38.1 Å². The van der Waals surface area contributed by atoms with Crippen LogP contribution in [-0.4, -0.2) is 37.4 Å². The fraction of sp³-hybridized carbons (Fsp3) is 0.333. The molecule has 0 aliphatic carbocycles. The zero-order valence-corrected chi connectivity index (χ0v) is 15.9. The number of nitrogens with zero attached hydrogens (tertiary/aromatic N) is 1. The third-order valence-electron chi connectivity index (χ3n) is 4.17. The Kier molecular flexibility index (Phi) is 6.92. The lowest BCUT2D eigenvalue weighted by atomic mass is 10.0. The van der Waals surface area contributed by atoms with Crippen LogP contribution in [0.15, 0.2) is 48.5 Å². The number of hydrogen-bond donors (Lipinski definition) is 2. The Labute approximate surface area is 155 Å². The fourth-order valence-corrected chi connectivity index (χ4v) is 2.67. The summed E-state index contributed by atoms with van der Waals surface area (Å²) in [4.78, 5) is 25.7. The van der Waals surface area contributed by atoms with Gasteiger partial charge >= 0.3 is 0 Å². The molecule has 0 bridgehead atoms. The highest BCUT2D eigenvalue weighted by Gasteiger charge is 2.09. The quantitative estimate of drug-likeness (QED) is 0.803. The van der Waals surface area contributed by atoms with E-state index >= 15 is 0 Å². The van der Waals surface area contributed by atoms with Crippen LogP contribution in [-0.2, 0) is 11.3 Å². The van der Waals surface area contributed by atoms with Crippen molar-refractivity contribution < 1.29 is 9.59 Å². The second-order valence-corrected chi connectivity index (χ2v) is 6.77. The lowest BCUT2D eigenvalue weighted by molar-refractivity contribution is -0.117. The van der Waals surface area contributed by atoms with Crippen molar-refractivity contribution in [3.8, 4) is 0 Å². The van der Waals surface area contributed by atoms with E-state index in [1.807, 2.05) is 11.9 Å². The summed E-state index contributed by atoms with van der Waals surface area (Å²) in [5, 5.41) is 5.42. The maximum absolute atomic E-state index is 12.2. The first-order chi connectivity index (χ1) is 12.4. The van der Waals surface area contributed by atoms with E-state index in [1.54, 1.807) is 31.3 Å². The van der Waals surface area contributed by atoms with Crippen molar-refractivity contribution >= 4 is 17.5 Å². The largest absolute Gasteiger partial charge is 0.355 e. The molecule has 0 unspecified atom stereocenters. The molecule has 0 heterocycles. The fourth-order valence-electron chi connectivity index (χ4n) is 2.67. The van der Waals surface area contributed by atoms with Gasteiger partial charge in [0.15, 0.2) is 0 Å². The SMILES string of the molecule is CNC(=O)c1ccc(NC(=O)CN(C)Cc2ccc(C(C)C)cc2)cc1. The van der Waals surface area contributed by atoms with Gasteiger partial charge in [-0.3, -0.25) is 14.5 Å². The Morgan fingerprint density at radius 1 is 1.00 bits per heavy atom. The van der Waals surface area contributed by atoms with Gasteiger partial charge in [-0.05, 0) is 48.4 Å². The molecule has 5 nitrogen and oxygen atoms in total. The number of amides is 2. The minimum absolute atomic E-state index is 0.0843. The van der Waals surface area contributed by atoms with Gasteiger partial charge in [-0.2, -0.15) is 0 Å². The molecule has 0 saturated heterocycles. The number of rotatable bonds is 7. The molecule has 0 atom stereocenters. The van der Waals surface area contributed by atoms with Crippen LogP contribution in [0.5, 0.6) is 0 Å². The van der Waals surface area contributed by atoms with E-state index in [0.717, 1.165) is 0 Å². The van der Waals surface area contributed by atoms with Crippen LogP contribution in [0.1, 0.15) is 41.3 Å². The van der Waals surface area contributed by atoms with E-state index in [4.69, 9.17) is 0 Å². The standard InChI is InChI=1S/C21H27N3O2/c1-15(2)17-7-5-16(6-8-17)13-24(4)14-20(25)23-19-11-9-18(10-12-19)21(26)22-3/h5-12,15H,13-14H2,1-4H3,(H,22,26)(H,23,25). The highest BCUT2D eigenvalue weighted by atomic mass is 16.2. The third-order valence-corrected chi connectivity index (χ3v) is 4.17. The molecule has 2 aromatic rings. The van der Waals surface area contributed by atoms with Crippen molar-refractivity contribution in [2.45, 2.75) is 26.3 Å². The first-order valence-electron chi connectivity index (χ1n) is 8.78. The maximum atomic E-state index is 12.2. The Morgan fingerprint density at radius 3 is 2.15 bits per heavy atom. The number of carbonyl (C=O) groups is 2. The Morgan fingerprint density at radius 2 is 1.62 bits per heavy atom. The molecule has 26 heavy (non-hydrogen) atoms. The Balaban J connectivity index is 1.85. The van der Waals surface area contributed by atoms with E-state index in [2.05, 4.69) is 48.7 Å². The minimum Gasteiger partial charge on any atom is -0.355 e. The molecule has 0 radical (unpaired) electrons. The maximum Gasteiger partial charge on any atom is 0.251 e. The lowest BCUT2D eigenvalue weighted by Crippen LogP contribution is -2.29. The van der Waals surface area contributed by atoms with Crippen molar-refractivity contribution in [2.75, 3.05) is 26.0 Å². The van der Waals surface area contributed by atoms with Crippen molar-refractivity contribution in [1.82, 2.24) is 10.2 Å². The molecular formula is C21H27N3O2. The number of anilines is 1. The average molecular weight is 353 g/mol. The summed E-state index contributed by atoms with van der Waals surface area (Å²) in [6, 6.07) is 15.3. The van der Waals surface area contributed by atoms with Gasteiger partial charge in [0.25, 0.3) is 5.91 Å². The molecule has 0 aliphatic rings. The van der Waals surface area contributed by atoms with Crippen LogP contribution in [0.3, 0.4) is 0 Å². The van der Waals surface area contributed by atoms with Crippen molar-refractivity contribution in [2.24, 2.45) is 0 Å². The normalized spacial score (nSPS) is 10.8. The number of carbonyl (C=O) groups excluding carboxylic acids is 2. The lowest BCUT2D eigenvalue weighted by Gasteiger charge is -2.17. The summed E-state index contributed by atoms with van der Waals surface area (Å²) >= 11 is 0. The number of benzene rings is 2. The van der Waals surface area contributed by atoms with E-state index < -0.39 is 0 Å². The van der Waals surface area contributed by atoms with Gasteiger partial charge in [0.1, 0.15) is 0 Å². The van der Waals surface area contributed by atoms with Gasteiger partial charge in [-0.25, -0.2) is 0 Å². The summed E-state index contributed by atoms with van der Waals surface area (Å²) in [6.07, 6.45) is 0. The van der Waals surface area contributed by atoms with E-state index in [9.17, 15) is 9.59 Å². The van der Waals surface area contributed by atoms with Crippen LogP contribution >= 0.6 is 0 Å². The van der Waals surface area contributed by atoms with Crippen molar-refractivity contribution in [3.05, 3.63) is 65.2 Å². The zero-order chi connectivity index (χ0) is 19.1. The molecule has 138 valence electrons. The van der Waals surface area contributed by atoms with Crippen molar-refractivity contribution in [1.29, 1.82) is 0 Å². The van der Waals surface area contributed by atoms with E-state index in [0.29, 0.717) is 30.3 Å². The van der Waals surface area contributed by atoms with Gasteiger partial charge in [0.05, 0.1) is 6.54 Å². The minimum atomic E-state index is -0.147. The van der Waals surface area contributed by atoms with Crippen LogP contribution < -0.4 is 10.6 Å². The van der Waals surface area contributed by atoms with Crippen LogP contribution in [0.25, 0.3) is 0 Å². The Bertz CT molecular complexity index is 737. The summed E-state index contributed by atoms with van der Waals surface area (Å²) in [6.45, 7) is 5.35. The van der Waals surface area contributed by atoms with E-state index in [1.165, 1.54) is 11.1 Å². The molecule has 2 amide bonds. The first-order valence-corrected chi connectivity index (χ1v) is 8.78.